The number of nitrogens with two attached hydrogens (primary N) is 1. The molecule has 21 heavy (non-hydrogen) atoms. The van der Waals surface area contributed by atoms with Crippen molar-refractivity contribution in [2.24, 2.45) is 0 Å². The quantitative estimate of drug-likeness (QED) is 0.829. The Morgan fingerprint density at radius 1 is 1.05 bits per heavy atom. The first-order chi connectivity index (χ1) is 10.1. The maximum absolute atomic E-state index is 11.6. The molecule has 0 aliphatic heterocycles. The van der Waals surface area contributed by atoms with Gasteiger partial charge in [-0.1, -0.05) is 42.0 Å². The van der Waals surface area contributed by atoms with Gasteiger partial charge in [-0.15, -0.1) is 0 Å². The summed E-state index contributed by atoms with van der Waals surface area (Å²) in [5.41, 5.74) is 9.65. The number of ether oxygens (including phenoxy) is 1. The second-order valence-electron chi connectivity index (χ2n) is 4.98. The van der Waals surface area contributed by atoms with Crippen LogP contribution in [0.2, 0.25) is 0 Å². The Bertz CT molecular complexity index is 577. The molecule has 0 spiro atoms. The SMILES string of the molecule is Cc1ccc(COC(=O)NCCc2ccc(N)cc2)cc1. The Morgan fingerprint density at radius 2 is 1.67 bits per heavy atom. The van der Waals surface area contributed by atoms with Gasteiger partial charge in [0.1, 0.15) is 6.61 Å². The number of hydrogen-bond donors (Lipinski definition) is 2. The van der Waals surface area contributed by atoms with Crippen molar-refractivity contribution in [2.45, 2.75) is 20.0 Å². The summed E-state index contributed by atoms with van der Waals surface area (Å²) in [6.45, 7) is 2.85. The minimum absolute atomic E-state index is 0.286. The molecule has 2 rings (SSSR count). The van der Waals surface area contributed by atoms with Gasteiger partial charge in [-0.05, 0) is 36.6 Å². The van der Waals surface area contributed by atoms with Crippen molar-refractivity contribution >= 4 is 11.8 Å². The smallest absolute Gasteiger partial charge is 0.407 e. The number of hydrogen-bond acceptors (Lipinski definition) is 3. The minimum Gasteiger partial charge on any atom is -0.445 e. The Hall–Kier alpha value is -2.49. The molecule has 3 N–H and O–H groups in total. The molecule has 0 aliphatic rings. The van der Waals surface area contributed by atoms with Crippen LogP contribution in [-0.4, -0.2) is 12.6 Å². The summed E-state index contributed by atoms with van der Waals surface area (Å²) in [5, 5.41) is 2.73. The number of amides is 1. The fraction of sp³-hybridized carbons (Fsp3) is 0.235. The molecule has 0 bridgehead atoms. The molecule has 0 atom stereocenters. The zero-order chi connectivity index (χ0) is 15.1. The Balaban J connectivity index is 1.67. The van der Waals surface area contributed by atoms with Gasteiger partial charge >= 0.3 is 6.09 Å². The van der Waals surface area contributed by atoms with Crippen molar-refractivity contribution in [1.82, 2.24) is 5.32 Å². The van der Waals surface area contributed by atoms with E-state index >= 15 is 0 Å². The molecule has 0 aliphatic carbocycles. The predicted octanol–water partition coefficient (Wildman–Crippen LogP) is 3.05. The highest BCUT2D eigenvalue weighted by Crippen LogP contribution is 2.06. The summed E-state index contributed by atoms with van der Waals surface area (Å²) in [6.07, 6.45) is 0.353. The Labute approximate surface area is 124 Å². The predicted molar refractivity (Wildman–Crippen MR) is 83.9 cm³/mol. The van der Waals surface area contributed by atoms with Crippen molar-refractivity contribution in [2.75, 3.05) is 12.3 Å². The zero-order valence-corrected chi connectivity index (χ0v) is 12.1. The number of carbonyl (C=O) groups is 1. The molecule has 0 aromatic heterocycles. The highest BCUT2D eigenvalue weighted by atomic mass is 16.5. The molecule has 110 valence electrons. The van der Waals surface area contributed by atoms with Gasteiger partial charge in [0.2, 0.25) is 0 Å². The molecular weight excluding hydrogens is 264 g/mol. The van der Waals surface area contributed by atoms with Crippen LogP contribution in [0.4, 0.5) is 10.5 Å². The minimum atomic E-state index is -0.397. The van der Waals surface area contributed by atoms with Crippen molar-refractivity contribution in [3.05, 3.63) is 65.2 Å². The molecule has 4 nitrogen and oxygen atoms in total. The number of rotatable bonds is 5. The molecule has 0 saturated carbocycles. The van der Waals surface area contributed by atoms with Crippen molar-refractivity contribution in [3.8, 4) is 0 Å². The van der Waals surface area contributed by atoms with E-state index in [4.69, 9.17) is 10.5 Å². The molecule has 0 heterocycles. The van der Waals surface area contributed by atoms with E-state index in [1.54, 1.807) is 0 Å². The molecule has 0 saturated heterocycles. The topological polar surface area (TPSA) is 64.3 Å². The number of nitrogens with one attached hydrogen (secondary N) is 1. The van der Waals surface area contributed by atoms with Crippen LogP contribution in [0.15, 0.2) is 48.5 Å². The lowest BCUT2D eigenvalue weighted by molar-refractivity contribution is 0.140. The van der Waals surface area contributed by atoms with E-state index in [0.717, 1.165) is 23.2 Å². The second-order valence-corrected chi connectivity index (χ2v) is 4.98. The van der Waals surface area contributed by atoms with Gasteiger partial charge in [-0.3, -0.25) is 0 Å². The van der Waals surface area contributed by atoms with E-state index in [-0.39, 0.29) is 6.61 Å². The Kier molecular flexibility index (Phi) is 5.21. The third kappa shape index (κ3) is 5.18. The van der Waals surface area contributed by atoms with Crippen LogP contribution >= 0.6 is 0 Å². The number of carbonyl (C=O) groups excluding carboxylic acids is 1. The molecule has 0 radical (unpaired) electrons. The van der Waals surface area contributed by atoms with E-state index in [9.17, 15) is 4.79 Å². The van der Waals surface area contributed by atoms with E-state index in [1.807, 2.05) is 55.5 Å². The monoisotopic (exact) mass is 284 g/mol. The number of nitrogen functional groups attached to an aromatic ring is 1. The van der Waals surface area contributed by atoms with Crippen LogP contribution in [0.1, 0.15) is 16.7 Å². The largest absolute Gasteiger partial charge is 0.445 e. The van der Waals surface area contributed by atoms with E-state index < -0.39 is 6.09 Å². The van der Waals surface area contributed by atoms with Gasteiger partial charge in [0.15, 0.2) is 0 Å². The summed E-state index contributed by atoms with van der Waals surface area (Å²) < 4.78 is 5.15. The number of benzene rings is 2. The summed E-state index contributed by atoms with van der Waals surface area (Å²) in [6, 6.07) is 15.5. The van der Waals surface area contributed by atoms with E-state index in [2.05, 4.69) is 5.32 Å². The average molecular weight is 284 g/mol. The number of aryl methyl sites for hydroxylation is 1. The lowest BCUT2D eigenvalue weighted by atomic mass is 10.1. The van der Waals surface area contributed by atoms with Gasteiger partial charge in [0, 0.05) is 12.2 Å². The van der Waals surface area contributed by atoms with Crippen molar-refractivity contribution in [3.63, 3.8) is 0 Å². The highest BCUT2D eigenvalue weighted by Gasteiger charge is 2.02. The fourth-order valence-electron chi connectivity index (χ4n) is 1.88. The summed E-state index contributed by atoms with van der Waals surface area (Å²) in [7, 11) is 0. The molecule has 0 unspecified atom stereocenters. The number of alkyl carbamates (subject to hydrolysis) is 1. The van der Waals surface area contributed by atoms with Gasteiger partial charge < -0.3 is 15.8 Å². The van der Waals surface area contributed by atoms with Crippen molar-refractivity contribution in [1.29, 1.82) is 0 Å². The van der Waals surface area contributed by atoms with Crippen LogP contribution in [0, 0.1) is 6.92 Å². The van der Waals surface area contributed by atoms with Gasteiger partial charge in [0.25, 0.3) is 0 Å². The third-order valence-corrected chi connectivity index (χ3v) is 3.15. The van der Waals surface area contributed by atoms with E-state index in [0.29, 0.717) is 6.54 Å². The maximum Gasteiger partial charge on any atom is 0.407 e. The lowest BCUT2D eigenvalue weighted by Gasteiger charge is -2.07. The molecule has 0 fully saturated rings. The number of anilines is 1. The summed E-state index contributed by atoms with van der Waals surface area (Å²) in [5.74, 6) is 0. The van der Waals surface area contributed by atoms with Crippen LogP contribution in [0.3, 0.4) is 0 Å². The lowest BCUT2D eigenvalue weighted by Crippen LogP contribution is -2.26. The van der Waals surface area contributed by atoms with Crippen molar-refractivity contribution < 1.29 is 9.53 Å². The molecule has 2 aromatic rings. The molecule has 1 amide bonds. The first-order valence-corrected chi connectivity index (χ1v) is 6.94. The second kappa shape index (κ2) is 7.33. The molecule has 4 heteroatoms. The van der Waals surface area contributed by atoms with Crippen LogP contribution in [0.5, 0.6) is 0 Å². The fourth-order valence-corrected chi connectivity index (χ4v) is 1.88. The molecule has 2 aromatic carbocycles. The third-order valence-electron chi connectivity index (χ3n) is 3.15. The van der Waals surface area contributed by atoms with Crippen LogP contribution < -0.4 is 11.1 Å². The zero-order valence-electron chi connectivity index (χ0n) is 12.1. The standard InChI is InChI=1S/C17H20N2O2/c1-13-2-4-15(5-3-13)12-21-17(20)19-11-10-14-6-8-16(18)9-7-14/h2-9H,10-12,18H2,1H3,(H,19,20). The van der Waals surface area contributed by atoms with Gasteiger partial charge in [0.05, 0.1) is 0 Å². The van der Waals surface area contributed by atoms with Gasteiger partial charge in [-0.25, -0.2) is 4.79 Å². The maximum atomic E-state index is 11.6. The summed E-state index contributed by atoms with van der Waals surface area (Å²) >= 11 is 0. The van der Waals surface area contributed by atoms with E-state index in [1.165, 1.54) is 5.56 Å². The normalized spacial score (nSPS) is 10.1. The summed E-state index contributed by atoms with van der Waals surface area (Å²) in [4.78, 5) is 11.6. The Morgan fingerprint density at radius 3 is 2.33 bits per heavy atom. The first-order valence-electron chi connectivity index (χ1n) is 6.94. The highest BCUT2D eigenvalue weighted by molar-refractivity contribution is 5.67. The van der Waals surface area contributed by atoms with Gasteiger partial charge in [-0.2, -0.15) is 0 Å². The van der Waals surface area contributed by atoms with Crippen LogP contribution in [-0.2, 0) is 17.8 Å². The first kappa shape index (κ1) is 14.9. The average Bonchev–Trinajstić information content (AvgIpc) is 2.49. The van der Waals surface area contributed by atoms with Crippen LogP contribution in [0.25, 0.3) is 0 Å². The molecular formula is C17H20N2O2.